The minimum absolute atomic E-state index is 0.0428. The third-order valence-corrected chi connectivity index (χ3v) is 6.29. The van der Waals surface area contributed by atoms with Crippen molar-refractivity contribution in [2.24, 2.45) is 4.99 Å². The Kier molecular flexibility index (Phi) is 6.31. The molecular weight excluding hydrogens is 530 g/mol. The molecule has 0 saturated heterocycles. The molecule has 27 heavy (non-hydrogen) atoms. The molecule has 0 aromatic heterocycles. The van der Waals surface area contributed by atoms with Gasteiger partial charge in [-0.3, -0.25) is 4.99 Å². The fourth-order valence-electron chi connectivity index (χ4n) is 3.23. The maximum absolute atomic E-state index is 14.1. The van der Waals surface area contributed by atoms with Crippen LogP contribution in [0.5, 0.6) is 0 Å². The molecule has 2 aromatic carbocycles. The molecule has 0 aliphatic carbocycles. The highest BCUT2D eigenvalue weighted by atomic mass is 79.9. The van der Waals surface area contributed by atoms with Gasteiger partial charge in [-0.2, -0.15) is 13.2 Å². The maximum atomic E-state index is 14.1. The molecule has 1 heterocycles. The van der Waals surface area contributed by atoms with E-state index in [2.05, 4.69) is 36.9 Å². The minimum atomic E-state index is -4.49. The van der Waals surface area contributed by atoms with Crippen molar-refractivity contribution >= 4 is 60.8 Å². The van der Waals surface area contributed by atoms with Gasteiger partial charge in [0.2, 0.25) is 0 Å². The Labute approximate surface area is 182 Å². The summed E-state index contributed by atoms with van der Waals surface area (Å²) in [4.78, 5) is 4.26. The summed E-state index contributed by atoms with van der Waals surface area (Å²) in [6.07, 6.45) is -3.92. The molecule has 0 amide bonds. The molecule has 0 bridgehead atoms. The maximum Gasteiger partial charge on any atom is 0.400 e. The lowest BCUT2D eigenvalue weighted by Gasteiger charge is -2.31. The van der Waals surface area contributed by atoms with Crippen LogP contribution in [-0.4, -0.2) is 23.8 Å². The summed E-state index contributed by atoms with van der Waals surface area (Å²) in [5.74, 6) is 0. The van der Waals surface area contributed by atoms with E-state index in [1.54, 1.807) is 0 Å². The molecule has 1 atom stereocenters. The van der Waals surface area contributed by atoms with E-state index in [-0.39, 0.29) is 28.6 Å². The topological polar surface area (TPSA) is 12.4 Å². The number of hydrogen-bond donors (Lipinski definition) is 0. The Balaban J connectivity index is 1.99. The lowest BCUT2D eigenvalue weighted by Crippen LogP contribution is -2.43. The fourth-order valence-corrected chi connectivity index (χ4v) is 4.76. The van der Waals surface area contributed by atoms with E-state index >= 15 is 0 Å². The van der Waals surface area contributed by atoms with Crippen LogP contribution in [0.4, 0.5) is 13.2 Å². The largest absolute Gasteiger partial charge is 0.400 e. The summed E-state index contributed by atoms with van der Waals surface area (Å²) in [6.45, 7) is -0.386. The third-order valence-electron chi connectivity index (χ3n) is 4.72. The van der Waals surface area contributed by atoms with Crippen molar-refractivity contribution in [2.45, 2.75) is 24.4 Å². The van der Waals surface area contributed by atoms with Gasteiger partial charge in [-0.15, -0.1) is 0 Å². The SMILES string of the molecule is FC(F)(F)C1(c2cc(Cl)cc(Cl)c2)CN=C(c2ccc(CCBr)c(Br)c2)C1. The second-order valence-corrected chi connectivity index (χ2v) is 8.94. The molecule has 1 aliphatic rings. The summed E-state index contributed by atoms with van der Waals surface area (Å²) in [6, 6.07) is 9.64. The smallest absolute Gasteiger partial charge is 0.288 e. The molecule has 8 heteroatoms. The molecule has 0 radical (unpaired) electrons. The Hall–Kier alpha value is -0.560. The third kappa shape index (κ3) is 4.24. The van der Waals surface area contributed by atoms with Crippen LogP contribution < -0.4 is 0 Å². The van der Waals surface area contributed by atoms with Crippen LogP contribution in [0.25, 0.3) is 0 Å². The number of alkyl halides is 4. The normalized spacial score (nSPS) is 20.0. The van der Waals surface area contributed by atoms with Crippen molar-refractivity contribution in [3.8, 4) is 0 Å². The van der Waals surface area contributed by atoms with E-state index in [1.807, 2.05) is 18.2 Å². The van der Waals surface area contributed by atoms with Gasteiger partial charge in [-0.05, 0) is 47.4 Å². The molecule has 0 N–H and O–H groups in total. The monoisotopic (exact) mass is 541 g/mol. The molecule has 0 saturated carbocycles. The van der Waals surface area contributed by atoms with E-state index in [1.165, 1.54) is 18.2 Å². The zero-order chi connectivity index (χ0) is 19.8. The number of aliphatic imine (C=N–C) groups is 1. The highest BCUT2D eigenvalue weighted by Gasteiger charge is 2.58. The molecule has 1 nitrogen and oxygen atoms in total. The quantitative estimate of drug-likeness (QED) is 0.357. The Morgan fingerprint density at radius 2 is 1.74 bits per heavy atom. The van der Waals surface area contributed by atoms with Gasteiger partial charge in [0.1, 0.15) is 5.41 Å². The first-order valence-electron chi connectivity index (χ1n) is 8.08. The van der Waals surface area contributed by atoms with Crippen molar-refractivity contribution in [2.75, 3.05) is 11.9 Å². The molecule has 0 fully saturated rings. The van der Waals surface area contributed by atoms with Gasteiger partial charge >= 0.3 is 6.18 Å². The van der Waals surface area contributed by atoms with Crippen molar-refractivity contribution in [1.29, 1.82) is 0 Å². The van der Waals surface area contributed by atoms with Crippen LogP contribution >= 0.6 is 55.1 Å². The molecule has 144 valence electrons. The van der Waals surface area contributed by atoms with Gasteiger partial charge in [0, 0.05) is 32.0 Å². The Morgan fingerprint density at radius 1 is 1.07 bits per heavy atom. The van der Waals surface area contributed by atoms with Crippen LogP contribution in [0.2, 0.25) is 10.0 Å². The summed E-state index contributed by atoms with van der Waals surface area (Å²) in [5, 5.41) is 1.16. The number of halogens is 7. The second kappa shape index (κ2) is 8.05. The minimum Gasteiger partial charge on any atom is -0.288 e. The van der Waals surface area contributed by atoms with Crippen LogP contribution in [-0.2, 0) is 11.8 Å². The van der Waals surface area contributed by atoms with E-state index in [4.69, 9.17) is 23.2 Å². The first-order chi connectivity index (χ1) is 12.7. The highest BCUT2D eigenvalue weighted by Crippen LogP contribution is 2.48. The number of rotatable bonds is 4. The van der Waals surface area contributed by atoms with Crippen LogP contribution in [0.1, 0.15) is 23.1 Å². The summed E-state index contributed by atoms with van der Waals surface area (Å²) in [7, 11) is 0. The average Bonchev–Trinajstić information content (AvgIpc) is 3.02. The van der Waals surface area contributed by atoms with E-state index in [9.17, 15) is 13.2 Å². The zero-order valence-corrected chi connectivity index (χ0v) is 18.6. The summed E-state index contributed by atoms with van der Waals surface area (Å²) >= 11 is 18.8. The molecule has 0 spiro atoms. The van der Waals surface area contributed by atoms with Crippen LogP contribution in [0.3, 0.4) is 0 Å². The van der Waals surface area contributed by atoms with E-state index in [0.29, 0.717) is 11.3 Å². The molecular formula is C19H14Br2Cl2F3N. The molecule has 3 rings (SSSR count). The lowest BCUT2D eigenvalue weighted by atomic mass is 9.76. The van der Waals surface area contributed by atoms with Gasteiger partial charge in [0.15, 0.2) is 0 Å². The molecule has 2 aromatic rings. The van der Waals surface area contributed by atoms with Gasteiger partial charge in [0.05, 0.1) is 6.54 Å². The average molecular weight is 544 g/mol. The molecule has 1 unspecified atom stereocenters. The zero-order valence-electron chi connectivity index (χ0n) is 13.9. The fraction of sp³-hybridized carbons (Fsp3) is 0.316. The number of nitrogens with zero attached hydrogens (tertiary/aromatic N) is 1. The standard InChI is InChI=1S/C19H14Br2Cl2F3N/c20-4-3-11-1-2-12(5-16(11)21)17-9-18(10-27-17,19(24,25)26)13-6-14(22)8-15(23)7-13/h1-2,5-8H,3-4,9-10H2. The van der Waals surface area contributed by atoms with E-state index in [0.717, 1.165) is 21.8 Å². The van der Waals surface area contributed by atoms with Crippen molar-refractivity contribution in [3.63, 3.8) is 0 Å². The highest BCUT2D eigenvalue weighted by molar-refractivity contribution is 9.10. The second-order valence-electron chi connectivity index (χ2n) is 6.42. The van der Waals surface area contributed by atoms with Crippen molar-refractivity contribution in [3.05, 3.63) is 67.6 Å². The molecule has 1 aliphatic heterocycles. The number of hydrogen-bond acceptors (Lipinski definition) is 1. The first kappa shape index (κ1) is 21.2. The summed E-state index contributed by atoms with van der Waals surface area (Å²) < 4.78 is 43.2. The van der Waals surface area contributed by atoms with Gasteiger partial charge in [-0.25, -0.2) is 0 Å². The van der Waals surface area contributed by atoms with Crippen molar-refractivity contribution < 1.29 is 13.2 Å². The van der Waals surface area contributed by atoms with Gasteiger partial charge in [0.25, 0.3) is 0 Å². The van der Waals surface area contributed by atoms with Gasteiger partial charge < -0.3 is 0 Å². The van der Waals surface area contributed by atoms with Crippen LogP contribution in [0, 0.1) is 0 Å². The Morgan fingerprint density at radius 3 is 2.30 bits per heavy atom. The van der Waals surface area contributed by atoms with Gasteiger partial charge in [-0.1, -0.05) is 67.2 Å². The number of aryl methyl sites for hydroxylation is 1. The van der Waals surface area contributed by atoms with Crippen molar-refractivity contribution in [1.82, 2.24) is 0 Å². The predicted molar refractivity (Wildman–Crippen MR) is 112 cm³/mol. The Bertz CT molecular complexity index is 879. The predicted octanol–water partition coefficient (Wildman–Crippen LogP) is 7.39. The first-order valence-corrected chi connectivity index (χ1v) is 10.7. The number of benzene rings is 2. The van der Waals surface area contributed by atoms with E-state index < -0.39 is 11.6 Å². The summed E-state index contributed by atoms with van der Waals surface area (Å²) in [5.41, 5.74) is 0.103. The van der Waals surface area contributed by atoms with Crippen LogP contribution in [0.15, 0.2) is 45.9 Å². The lowest BCUT2D eigenvalue weighted by molar-refractivity contribution is -0.183.